The summed E-state index contributed by atoms with van der Waals surface area (Å²) in [6.07, 6.45) is 9.98. The zero-order valence-corrected chi connectivity index (χ0v) is 22.0. The van der Waals surface area contributed by atoms with Gasteiger partial charge in [-0.1, -0.05) is 86.2 Å². The molecule has 0 fully saturated rings. The fraction of sp³-hybridized carbons (Fsp3) is 0.536. The predicted molar refractivity (Wildman–Crippen MR) is 142 cm³/mol. The highest BCUT2D eigenvalue weighted by Crippen LogP contribution is 2.28. The van der Waals surface area contributed by atoms with E-state index in [-0.39, 0.29) is 5.91 Å². The molecule has 1 N–H and O–H groups in total. The van der Waals surface area contributed by atoms with E-state index in [0.717, 1.165) is 61.9 Å². The van der Waals surface area contributed by atoms with Crippen molar-refractivity contribution in [2.75, 3.05) is 12.3 Å². The molecular weight excluding hydrogens is 440 g/mol. The van der Waals surface area contributed by atoms with E-state index < -0.39 is 0 Å². The van der Waals surface area contributed by atoms with E-state index in [1.54, 1.807) is 11.8 Å². The minimum absolute atomic E-state index is 0.148. The monoisotopic (exact) mass is 480 g/mol. The summed E-state index contributed by atoms with van der Waals surface area (Å²) in [6.45, 7) is 10.3. The van der Waals surface area contributed by atoms with Gasteiger partial charge in [0.05, 0.1) is 0 Å². The van der Waals surface area contributed by atoms with Gasteiger partial charge in [-0.15, -0.1) is 10.2 Å². The second-order valence-corrected chi connectivity index (χ2v) is 10.8. The molecule has 0 saturated carbocycles. The molecule has 1 atom stereocenters. The molecule has 1 heterocycles. The fourth-order valence-corrected chi connectivity index (χ4v) is 5.27. The molecule has 0 radical (unpaired) electrons. The van der Waals surface area contributed by atoms with Crippen molar-refractivity contribution >= 4 is 17.7 Å². The van der Waals surface area contributed by atoms with Crippen molar-refractivity contribution in [3.63, 3.8) is 0 Å². The Morgan fingerprint density at radius 3 is 2.71 bits per heavy atom. The van der Waals surface area contributed by atoms with Crippen LogP contribution in [0.15, 0.2) is 58.8 Å². The first kappa shape index (κ1) is 26.3. The van der Waals surface area contributed by atoms with Crippen LogP contribution in [0.3, 0.4) is 0 Å². The molecule has 5 nitrogen and oxygen atoms in total. The van der Waals surface area contributed by atoms with Crippen molar-refractivity contribution < 1.29 is 4.79 Å². The minimum atomic E-state index is 0.148. The molecule has 0 bridgehead atoms. The maximum Gasteiger partial charge on any atom is 0.220 e. The molecule has 0 aliphatic heterocycles. The molecule has 1 aliphatic carbocycles. The van der Waals surface area contributed by atoms with Gasteiger partial charge in [-0.2, -0.15) is 0 Å². The number of aryl methyl sites for hydroxylation is 2. The molecule has 1 aliphatic rings. The topological polar surface area (TPSA) is 59.8 Å². The van der Waals surface area contributed by atoms with Crippen molar-refractivity contribution in [1.82, 2.24) is 20.1 Å². The van der Waals surface area contributed by atoms with E-state index in [4.69, 9.17) is 0 Å². The van der Waals surface area contributed by atoms with Gasteiger partial charge >= 0.3 is 0 Å². The predicted octanol–water partition coefficient (Wildman–Crippen LogP) is 6.01. The second-order valence-electron chi connectivity index (χ2n) is 9.87. The van der Waals surface area contributed by atoms with Crippen molar-refractivity contribution in [3.05, 3.63) is 65.0 Å². The van der Waals surface area contributed by atoms with E-state index >= 15 is 0 Å². The molecule has 3 rings (SSSR count). The van der Waals surface area contributed by atoms with Crippen LogP contribution < -0.4 is 5.32 Å². The lowest BCUT2D eigenvalue weighted by Gasteiger charge is -2.17. The smallest absolute Gasteiger partial charge is 0.220 e. The first-order chi connectivity index (χ1) is 16.4. The van der Waals surface area contributed by atoms with Gasteiger partial charge < -0.3 is 9.88 Å². The number of benzene rings is 1. The van der Waals surface area contributed by atoms with E-state index in [1.165, 1.54) is 16.7 Å². The van der Waals surface area contributed by atoms with Crippen molar-refractivity contribution in [2.45, 2.75) is 77.9 Å². The van der Waals surface area contributed by atoms with E-state index in [1.807, 2.05) is 0 Å². The molecule has 0 saturated heterocycles. The number of thioether (sulfide) groups is 1. The SMILES string of the molecule is CC1=CC(C)CC(CSc2nnc(CCCCC(=O)NCC(C)C)n2CCc2ccccc2)=C1. The Kier molecular flexibility index (Phi) is 10.4. The lowest BCUT2D eigenvalue weighted by molar-refractivity contribution is -0.121. The molecule has 1 aromatic heterocycles. The lowest BCUT2D eigenvalue weighted by atomic mass is 9.93. The van der Waals surface area contributed by atoms with Crippen molar-refractivity contribution in [1.29, 1.82) is 0 Å². The summed E-state index contributed by atoms with van der Waals surface area (Å²) in [6, 6.07) is 10.6. The van der Waals surface area contributed by atoms with Gasteiger partial charge in [0, 0.05) is 31.7 Å². The molecule has 34 heavy (non-hydrogen) atoms. The molecule has 2 aromatic rings. The summed E-state index contributed by atoms with van der Waals surface area (Å²) < 4.78 is 2.30. The first-order valence-corrected chi connectivity index (χ1v) is 13.6. The normalized spacial score (nSPS) is 15.9. The number of amides is 1. The zero-order valence-electron chi connectivity index (χ0n) is 21.2. The standard InChI is InChI=1S/C28H40N4OS/c1-21(2)19-29-27(33)13-9-8-12-26-30-31-28(32(26)15-14-24-10-6-5-7-11-24)34-20-25-17-22(3)16-23(4)18-25/h5-7,10-11,16-17,21,23H,8-9,12-15,18-20H2,1-4H3,(H,29,33). The van der Waals surface area contributed by atoms with Gasteiger partial charge in [0.1, 0.15) is 5.82 Å². The number of allylic oxidation sites excluding steroid dienone is 3. The van der Waals surface area contributed by atoms with Gasteiger partial charge in [-0.05, 0) is 50.0 Å². The Hall–Kier alpha value is -2.34. The summed E-state index contributed by atoms with van der Waals surface area (Å²) in [4.78, 5) is 12.0. The number of carbonyl (C=O) groups excluding carboxylic acids is 1. The van der Waals surface area contributed by atoms with E-state index in [0.29, 0.717) is 18.3 Å². The van der Waals surface area contributed by atoms with Crippen LogP contribution in [0.4, 0.5) is 0 Å². The molecule has 1 amide bonds. The molecule has 6 heteroatoms. The fourth-order valence-electron chi connectivity index (χ4n) is 4.30. The molecule has 184 valence electrons. The molecule has 1 unspecified atom stereocenters. The number of carbonyl (C=O) groups is 1. The Balaban J connectivity index is 1.60. The Morgan fingerprint density at radius 1 is 1.18 bits per heavy atom. The van der Waals surface area contributed by atoms with Crippen LogP contribution in [-0.4, -0.2) is 33.0 Å². The third-order valence-corrected chi connectivity index (χ3v) is 7.05. The minimum Gasteiger partial charge on any atom is -0.356 e. The van der Waals surface area contributed by atoms with Gasteiger partial charge in [0.25, 0.3) is 0 Å². The lowest BCUT2D eigenvalue weighted by Crippen LogP contribution is -2.26. The van der Waals surface area contributed by atoms with Crippen LogP contribution >= 0.6 is 11.8 Å². The summed E-state index contributed by atoms with van der Waals surface area (Å²) in [5.41, 5.74) is 4.16. The quantitative estimate of drug-likeness (QED) is 0.282. The molecular formula is C28H40N4OS. The average molecular weight is 481 g/mol. The molecule has 1 aromatic carbocycles. The Labute approximate surface area is 209 Å². The molecule has 0 spiro atoms. The second kappa shape index (κ2) is 13.5. The zero-order chi connectivity index (χ0) is 24.3. The van der Waals surface area contributed by atoms with Gasteiger partial charge in [0.15, 0.2) is 5.16 Å². The maximum absolute atomic E-state index is 12.0. The number of unbranched alkanes of at least 4 members (excludes halogenated alkanes) is 1. The largest absolute Gasteiger partial charge is 0.356 e. The first-order valence-electron chi connectivity index (χ1n) is 12.6. The summed E-state index contributed by atoms with van der Waals surface area (Å²) in [5, 5.41) is 13.1. The summed E-state index contributed by atoms with van der Waals surface area (Å²) in [7, 11) is 0. The summed E-state index contributed by atoms with van der Waals surface area (Å²) >= 11 is 1.80. The van der Waals surface area contributed by atoms with Crippen LogP contribution in [0.1, 0.15) is 64.8 Å². The van der Waals surface area contributed by atoms with E-state index in [9.17, 15) is 4.79 Å². The van der Waals surface area contributed by atoms with Gasteiger partial charge in [-0.25, -0.2) is 0 Å². The van der Waals surface area contributed by atoms with Crippen LogP contribution in [0.5, 0.6) is 0 Å². The van der Waals surface area contributed by atoms with Crippen molar-refractivity contribution in [2.24, 2.45) is 11.8 Å². The third-order valence-electron chi connectivity index (χ3n) is 5.97. The van der Waals surface area contributed by atoms with Gasteiger partial charge in [0.2, 0.25) is 5.91 Å². The highest BCUT2D eigenvalue weighted by atomic mass is 32.2. The summed E-state index contributed by atoms with van der Waals surface area (Å²) in [5.74, 6) is 3.22. The number of nitrogens with one attached hydrogen (secondary N) is 1. The van der Waals surface area contributed by atoms with E-state index in [2.05, 4.69) is 90.3 Å². The highest BCUT2D eigenvalue weighted by Gasteiger charge is 2.16. The Morgan fingerprint density at radius 2 is 1.97 bits per heavy atom. The van der Waals surface area contributed by atoms with Gasteiger partial charge in [-0.3, -0.25) is 4.79 Å². The van der Waals surface area contributed by atoms with Crippen molar-refractivity contribution in [3.8, 4) is 0 Å². The van der Waals surface area contributed by atoms with Crippen LogP contribution in [-0.2, 0) is 24.2 Å². The number of nitrogens with zero attached hydrogens (tertiary/aromatic N) is 3. The Bertz CT molecular complexity index is 978. The third kappa shape index (κ3) is 8.79. The number of hydrogen-bond acceptors (Lipinski definition) is 4. The number of rotatable bonds is 13. The van der Waals surface area contributed by atoms with Crippen LogP contribution in [0, 0.1) is 11.8 Å². The van der Waals surface area contributed by atoms with Crippen LogP contribution in [0.2, 0.25) is 0 Å². The highest BCUT2D eigenvalue weighted by molar-refractivity contribution is 7.99. The number of aromatic nitrogens is 3. The van der Waals surface area contributed by atoms with Crippen LogP contribution in [0.25, 0.3) is 0 Å². The average Bonchev–Trinajstić information content (AvgIpc) is 3.19. The number of hydrogen-bond donors (Lipinski definition) is 1. The maximum atomic E-state index is 12.0.